The highest BCUT2D eigenvalue weighted by Gasteiger charge is 2.18. The molecule has 1 atom stereocenters. The van der Waals surface area contributed by atoms with Crippen LogP contribution in [-0.4, -0.2) is 36.3 Å². The van der Waals surface area contributed by atoms with Gasteiger partial charge in [-0.25, -0.2) is 9.97 Å². The van der Waals surface area contributed by atoms with E-state index in [2.05, 4.69) is 34.5 Å². The lowest BCUT2D eigenvalue weighted by atomic mass is 9.95. The summed E-state index contributed by atoms with van der Waals surface area (Å²) in [6.07, 6.45) is 3.21. The molecule has 3 rings (SSSR count). The highest BCUT2D eigenvalue weighted by molar-refractivity contribution is 6.33. The summed E-state index contributed by atoms with van der Waals surface area (Å²) in [6, 6.07) is 6.32. The van der Waals surface area contributed by atoms with Gasteiger partial charge in [-0.15, -0.1) is 0 Å². The summed E-state index contributed by atoms with van der Waals surface area (Å²) in [7, 11) is 2.05. The van der Waals surface area contributed by atoms with Crippen molar-refractivity contribution in [1.82, 2.24) is 15.3 Å². The van der Waals surface area contributed by atoms with Gasteiger partial charge in [-0.1, -0.05) is 17.6 Å². The molecule has 96 valence electrons. The first-order chi connectivity index (χ1) is 9.20. The Hall–Kier alpha value is -2.11. The van der Waals surface area contributed by atoms with Gasteiger partial charge >= 0.3 is 0 Å². The molecule has 1 aliphatic heterocycles. The molecule has 5 nitrogen and oxygen atoms in total. The molecule has 0 bridgehead atoms. The molecule has 2 aromatic rings. The molecule has 0 saturated carbocycles. The number of anilines is 1. The summed E-state index contributed by atoms with van der Waals surface area (Å²) in [5, 5.41) is 7.16. The van der Waals surface area contributed by atoms with Crippen LogP contribution in [0.2, 0.25) is 0 Å². The van der Waals surface area contributed by atoms with Gasteiger partial charge in [-0.2, -0.15) is 0 Å². The van der Waals surface area contributed by atoms with Gasteiger partial charge in [0.15, 0.2) is 0 Å². The minimum atomic E-state index is 0.118. The zero-order valence-corrected chi connectivity index (χ0v) is 10.8. The number of benzene rings is 1. The van der Waals surface area contributed by atoms with Crippen molar-refractivity contribution in [1.29, 1.82) is 0 Å². The average Bonchev–Trinajstić information content (AvgIpc) is 2.42. The topological polar surface area (TPSA) is 66.9 Å². The van der Waals surface area contributed by atoms with E-state index >= 15 is 0 Å². The van der Waals surface area contributed by atoms with Crippen LogP contribution in [0.4, 0.5) is 5.95 Å². The summed E-state index contributed by atoms with van der Waals surface area (Å²) in [5.41, 5.74) is 2.13. The number of hydrogen-bond acceptors (Lipinski definition) is 4. The molecular formula is C13H15BN4O. The van der Waals surface area contributed by atoms with Crippen LogP contribution >= 0.6 is 0 Å². The fourth-order valence-corrected chi connectivity index (χ4v) is 2.26. The highest BCUT2D eigenvalue weighted by atomic mass is 16.1. The third kappa shape index (κ3) is 2.67. The van der Waals surface area contributed by atoms with Crippen LogP contribution in [0.15, 0.2) is 24.4 Å². The molecule has 1 aliphatic rings. The molecule has 19 heavy (non-hydrogen) atoms. The van der Waals surface area contributed by atoms with Crippen LogP contribution in [0, 0.1) is 0 Å². The summed E-state index contributed by atoms with van der Waals surface area (Å²) < 4.78 is 0. The van der Waals surface area contributed by atoms with Gasteiger partial charge in [0.25, 0.3) is 0 Å². The fourth-order valence-electron chi connectivity index (χ4n) is 2.26. The summed E-state index contributed by atoms with van der Waals surface area (Å²) in [4.78, 5) is 19.9. The highest BCUT2D eigenvalue weighted by Crippen LogP contribution is 2.13. The lowest BCUT2D eigenvalue weighted by molar-refractivity contribution is -0.122. The van der Waals surface area contributed by atoms with Crippen molar-refractivity contribution in [2.75, 3.05) is 11.9 Å². The van der Waals surface area contributed by atoms with E-state index in [4.69, 9.17) is 0 Å². The van der Waals surface area contributed by atoms with Gasteiger partial charge in [0.05, 0.1) is 5.52 Å². The molecule has 2 N–H and O–H groups in total. The number of amides is 1. The van der Waals surface area contributed by atoms with Gasteiger partial charge in [0, 0.05) is 30.6 Å². The predicted molar refractivity (Wildman–Crippen MR) is 77.4 cm³/mol. The number of aromatic nitrogens is 2. The Balaban J connectivity index is 1.78. The number of hydrogen-bond donors (Lipinski definition) is 2. The molecular weight excluding hydrogens is 239 g/mol. The van der Waals surface area contributed by atoms with E-state index in [9.17, 15) is 4.79 Å². The minimum absolute atomic E-state index is 0.118. The lowest BCUT2D eigenvalue weighted by Gasteiger charge is -2.23. The third-order valence-electron chi connectivity index (χ3n) is 3.33. The largest absolute Gasteiger partial charge is 0.354 e. The first-order valence-electron chi connectivity index (χ1n) is 6.47. The van der Waals surface area contributed by atoms with E-state index in [0.717, 1.165) is 17.3 Å². The van der Waals surface area contributed by atoms with E-state index in [-0.39, 0.29) is 11.9 Å². The molecule has 1 aromatic carbocycles. The SMILES string of the molecule is Bc1ccc2nc(N[C@H]3CCC(=O)NC3)ncc2c1. The third-order valence-corrected chi connectivity index (χ3v) is 3.33. The number of carbonyl (C=O) groups is 1. The number of carbonyl (C=O) groups excluding carboxylic acids is 1. The van der Waals surface area contributed by atoms with Crippen LogP contribution in [0.5, 0.6) is 0 Å². The van der Waals surface area contributed by atoms with E-state index in [1.807, 2.05) is 18.3 Å². The van der Waals surface area contributed by atoms with Gasteiger partial charge < -0.3 is 10.6 Å². The van der Waals surface area contributed by atoms with E-state index in [1.165, 1.54) is 5.46 Å². The number of rotatable bonds is 2. The fraction of sp³-hybridized carbons (Fsp3) is 0.308. The molecule has 0 aliphatic carbocycles. The number of piperidine rings is 1. The van der Waals surface area contributed by atoms with Gasteiger partial charge in [-0.05, 0) is 12.5 Å². The molecule has 0 radical (unpaired) electrons. The smallest absolute Gasteiger partial charge is 0.223 e. The summed E-state index contributed by atoms with van der Waals surface area (Å²) in [6.45, 7) is 0.633. The van der Waals surface area contributed by atoms with Gasteiger partial charge in [0.1, 0.15) is 7.85 Å². The average molecular weight is 254 g/mol. The molecule has 2 heterocycles. The first kappa shape index (κ1) is 12.0. The Labute approximate surface area is 112 Å². The van der Waals surface area contributed by atoms with Crippen molar-refractivity contribution in [3.63, 3.8) is 0 Å². The van der Waals surface area contributed by atoms with Crippen molar-refractivity contribution >= 4 is 36.1 Å². The second-order valence-electron chi connectivity index (χ2n) is 4.94. The maximum atomic E-state index is 11.1. The first-order valence-corrected chi connectivity index (χ1v) is 6.47. The normalized spacial score (nSPS) is 19.2. The number of nitrogens with zero attached hydrogens (tertiary/aromatic N) is 2. The Morgan fingerprint density at radius 3 is 3.11 bits per heavy atom. The monoisotopic (exact) mass is 254 g/mol. The molecule has 1 saturated heterocycles. The Morgan fingerprint density at radius 2 is 2.32 bits per heavy atom. The second-order valence-corrected chi connectivity index (χ2v) is 4.94. The van der Waals surface area contributed by atoms with Crippen LogP contribution in [-0.2, 0) is 4.79 Å². The van der Waals surface area contributed by atoms with E-state index < -0.39 is 0 Å². The zero-order valence-electron chi connectivity index (χ0n) is 10.8. The molecule has 1 aromatic heterocycles. The van der Waals surface area contributed by atoms with Crippen molar-refractivity contribution in [2.45, 2.75) is 18.9 Å². The van der Waals surface area contributed by atoms with Crippen molar-refractivity contribution in [3.8, 4) is 0 Å². The summed E-state index contributed by atoms with van der Waals surface area (Å²) >= 11 is 0. The molecule has 6 heteroatoms. The van der Waals surface area contributed by atoms with Crippen LogP contribution in [0.1, 0.15) is 12.8 Å². The molecule has 0 spiro atoms. The Morgan fingerprint density at radius 1 is 1.42 bits per heavy atom. The maximum Gasteiger partial charge on any atom is 0.223 e. The second kappa shape index (κ2) is 4.88. The quantitative estimate of drug-likeness (QED) is 0.714. The van der Waals surface area contributed by atoms with Crippen molar-refractivity contribution in [3.05, 3.63) is 24.4 Å². The predicted octanol–water partition coefficient (Wildman–Crippen LogP) is -0.421. The summed E-state index contributed by atoms with van der Waals surface area (Å²) in [5.74, 6) is 0.741. The van der Waals surface area contributed by atoms with Crippen LogP contribution < -0.4 is 16.1 Å². The molecule has 0 unspecified atom stereocenters. The Kier molecular flexibility index (Phi) is 3.07. The minimum Gasteiger partial charge on any atom is -0.354 e. The maximum absolute atomic E-state index is 11.1. The van der Waals surface area contributed by atoms with E-state index in [1.54, 1.807) is 0 Å². The van der Waals surface area contributed by atoms with Gasteiger partial charge in [-0.3, -0.25) is 4.79 Å². The van der Waals surface area contributed by atoms with Crippen molar-refractivity contribution in [2.24, 2.45) is 0 Å². The number of fused-ring (bicyclic) bond motifs is 1. The Bertz CT molecular complexity index is 621. The standard InChI is InChI=1S/C13H15BN4O/c14-9-1-3-11-8(5-9)6-16-13(18-11)17-10-2-4-12(19)15-7-10/h1,3,5-6,10H,2,4,7,14H2,(H,15,19)(H,16,17,18)/t10-/m0/s1. The molecule has 1 fully saturated rings. The van der Waals surface area contributed by atoms with Crippen LogP contribution in [0.3, 0.4) is 0 Å². The zero-order chi connectivity index (χ0) is 13.2. The number of nitrogens with one attached hydrogen (secondary N) is 2. The van der Waals surface area contributed by atoms with Crippen molar-refractivity contribution < 1.29 is 4.79 Å². The van der Waals surface area contributed by atoms with Crippen LogP contribution in [0.25, 0.3) is 10.9 Å². The molecule has 1 amide bonds. The lowest BCUT2D eigenvalue weighted by Crippen LogP contribution is -2.42. The van der Waals surface area contributed by atoms with E-state index in [0.29, 0.717) is 18.9 Å². The van der Waals surface area contributed by atoms with Gasteiger partial charge in [0.2, 0.25) is 11.9 Å².